The number of halogens is 3. The Hall–Kier alpha value is -4.30. The fourth-order valence-electron chi connectivity index (χ4n) is 5.35. The monoisotopic (exact) mass is 587 g/mol. The summed E-state index contributed by atoms with van der Waals surface area (Å²) in [5.74, 6) is 0.645. The molecule has 5 rings (SSSR count). The van der Waals surface area contributed by atoms with Crippen LogP contribution in [0.5, 0.6) is 5.75 Å². The Balaban J connectivity index is 1.27. The highest BCUT2D eigenvalue weighted by Crippen LogP contribution is 2.30. The molecule has 224 valence electrons. The van der Waals surface area contributed by atoms with Crippen molar-refractivity contribution in [3.05, 3.63) is 114 Å². The lowest BCUT2D eigenvalue weighted by atomic mass is 9.95. The second-order valence-corrected chi connectivity index (χ2v) is 10.9. The molecular formula is C35H36F3N3O2. The van der Waals surface area contributed by atoms with Crippen LogP contribution < -0.4 is 20.3 Å². The second kappa shape index (κ2) is 13.8. The minimum Gasteiger partial charge on any atom is -0.497 e. The van der Waals surface area contributed by atoms with Crippen molar-refractivity contribution < 1.29 is 22.7 Å². The molecule has 8 heteroatoms. The quantitative estimate of drug-likeness (QED) is 0.205. The third kappa shape index (κ3) is 8.17. The van der Waals surface area contributed by atoms with Gasteiger partial charge in [0.15, 0.2) is 0 Å². The molecule has 4 aromatic carbocycles. The van der Waals surface area contributed by atoms with E-state index in [-0.39, 0.29) is 12.2 Å². The average Bonchev–Trinajstić information content (AvgIpc) is 3.03. The molecule has 0 atom stereocenters. The number of amides is 2. The molecule has 1 aliphatic carbocycles. The van der Waals surface area contributed by atoms with Crippen LogP contribution in [0.1, 0.15) is 48.8 Å². The van der Waals surface area contributed by atoms with Gasteiger partial charge < -0.3 is 15.4 Å². The highest BCUT2D eigenvalue weighted by molar-refractivity contribution is 6.01. The number of alkyl halides is 3. The molecule has 5 nitrogen and oxygen atoms in total. The third-order valence-corrected chi connectivity index (χ3v) is 7.87. The first-order chi connectivity index (χ1) is 20.8. The van der Waals surface area contributed by atoms with Crippen molar-refractivity contribution in [3.8, 4) is 16.9 Å². The number of nitrogens with zero attached hydrogens (tertiary/aromatic N) is 1. The maximum absolute atomic E-state index is 13.4. The number of carbonyl (C=O) groups excluding carboxylic acids is 1. The van der Waals surface area contributed by atoms with Crippen molar-refractivity contribution in [3.63, 3.8) is 0 Å². The van der Waals surface area contributed by atoms with Crippen LogP contribution in [0.15, 0.2) is 97.1 Å². The zero-order chi connectivity index (χ0) is 30.2. The van der Waals surface area contributed by atoms with Gasteiger partial charge in [-0.25, -0.2) is 4.79 Å². The topological polar surface area (TPSA) is 53.6 Å². The van der Waals surface area contributed by atoms with Gasteiger partial charge in [0.1, 0.15) is 5.75 Å². The van der Waals surface area contributed by atoms with Crippen LogP contribution in [0.4, 0.5) is 29.3 Å². The third-order valence-electron chi connectivity index (χ3n) is 7.87. The fraction of sp³-hybridized carbons (Fsp3) is 0.286. The molecule has 1 saturated carbocycles. The van der Waals surface area contributed by atoms with Gasteiger partial charge in [-0.15, -0.1) is 0 Å². The minimum absolute atomic E-state index is 0.255. The molecule has 2 amide bonds. The van der Waals surface area contributed by atoms with E-state index >= 15 is 0 Å². The SMILES string of the molecule is COc1ccc(N(Cc2ccc(-c3ccc(CNC4CCCCC4)cc3)cc2)C(=O)Nc2ccc(C(F)(F)F)cc2)cc1. The van der Waals surface area contributed by atoms with E-state index in [2.05, 4.69) is 34.9 Å². The molecule has 0 heterocycles. The first kappa shape index (κ1) is 30.2. The predicted octanol–water partition coefficient (Wildman–Crippen LogP) is 9.04. The van der Waals surface area contributed by atoms with Gasteiger partial charge in [0.25, 0.3) is 0 Å². The van der Waals surface area contributed by atoms with Crippen molar-refractivity contribution in [1.29, 1.82) is 0 Å². The zero-order valence-corrected chi connectivity index (χ0v) is 24.2. The number of nitrogens with one attached hydrogen (secondary N) is 2. The molecule has 0 radical (unpaired) electrons. The van der Waals surface area contributed by atoms with Crippen molar-refractivity contribution in [1.82, 2.24) is 5.32 Å². The van der Waals surface area contributed by atoms with Crippen LogP contribution in [0.2, 0.25) is 0 Å². The second-order valence-electron chi connectivity index (χ2n) is 10.9. The Bertz CT molecular complexity index is 1460. The Kier molecular flexibility index (Phi) is 9.67. The molecule has 1 fully saturated rings. The number of carbonyl (C=O) groups is 1. The summed E-state index contributed by atoms with van der Waals surface area (Å²) in [5, 5.41) is 6.41. The summed E-state index contributed by atoms with van der Waals surface area (Å²) in [4.78, 5) is 14.9. The number of hydrogen-bond acceptors (Lipinski definition) is 3. The highest BCUT2D eigenvalue weighted by Gasteiger charge is 2.30. The average molecular weight is 588 g/mol. The molecule has 4 aromatic rings. The summed E-state index contributed by atoms with van der Waals surface area (Å²) in [6.45, 7) is 1.13. The molecule has 43 heavy (non-hydrogen) atoms. The number of ether oxygens (including phenoxy) is 1. The Morgan fingerprint density at radius 2 is 1.37 bits per heavy atom. The number of methoxy groups -OCH3 is 1. The Morgan fingerprint density at radius 3 is 1.93 bits per heavy atom. The van der Waals surface area contributed by atoms with Crippen LogP contribution in [0, 0.1) is 0 Å². The molecular weight excluding hydrogens is 551 g/mol. The molecule has 0 spiro atoms. The van der Waals surface area contributed by atoms with E-state index in [9.17, 15) is 18.0 Å². The maximum Gasteiger partial charge on any atom is 0.416 e. The van der Waals surface area contributed by atoms with Crippen LogP contribution >= 0.6 is 0 Å². The van der Waals surface area contributed by atoms with Gasteiger partial charge in [-0.2, -0.15) is 13.2 Å². The van der Waals surface area contributed by atoms with Crippen molar-refractivity contribution in [2.75, 3.05) is 17.3 Å². The number of anilines is 2. The largest absolute Gasteiger partial charge is 0.497 e. The molecule has 2 N–H and O–H groups in total. The fourth-order valence-corrected chi connectivity index (χ4v) is 5.35. The van der Waals surface area contributed by atoms with Gasteiger partial charge in [0.2, 0.25) is 0 Å². The van der Waals surface area contributed by atoms with Gasteiger partial charge >= 0.3 is 12.2 Å². The lowest BCUT2D eigenvalue weighted by Crippen LogP contribution is -2.34. The lowest BCUT2D eigenvalue weighted by molar-refractivity contribution is -0.137. The summed E-state index contributed by atoms with van der Waals surface area (Å²) >= 11 is 0. The van der Waals surface area contributed by atoms with Crippen molar-refractivity contribution >= 4 is 17.4 Å². The van der Waals surface area contributed by atoms with E-state index < -0.39 is 17.8 Å². The van der Waals surface area contributed by atoms with Crippen LogP contribution in [-0.4, -0.2) is 19.2 Å². The Morgan fingerprint density at radius 1 is 0.791 bits per heavy atom. The van der Waals surface area contributed by atoms with E-state index in [1.807, 2.05) is 24.3 Å². The summed E-state index contributed by atoms with van der Waals surface area (Å²) in [6, 6.07) is 28.2. The number of urea groups is 1. The summed E-state index contributed by atoms with van der Waals surface area (Å²) in [6.07, 6.45) is 2.05. The molecule has 0 aliphatic heterocycles. The van der Waals surface area contributed by atoms with Crippen molar-refractivity contribution in [2.45, 2.75) is 57.4 Å². The number of benzene rings is 4. The summed E-state index contributed by atoms with van der Waals surface area (Å²) in [5.41, 5.74) is 4.45. The smallest absolute Gasteiger partial charge is 0.416 e. The number of hydrogen-bond donors (Lipinski definition) is 2. The normalized spacial score (nSPS) is 13.9. The van der Waals surface area contributed by atoms with E-state index in [1.54, 1.807) is 36.3 Å². The molecule has 0 bridgehead atoms. The standard InChI is InChI=1S/C35H36F3N3O2/c1-43-33-21-19-32(20-22-33)41(34(42)40-31-17-15-29(16-18-31)35(36,37)38)24-26-9-13-28(14-10-26)27-11-7-25(8-12-27)23-39-30-5-3-2-4-6-30/h7-22,30,39H,2-6,23-24H2,1H3,(H,40,42). The molecule has 0 saturated heterocycles. The van der Waals surface area contributed by atoms with Crippen molar-refractivity contribution in [2.24, 2.45) is 0 Å². The molecule has 0 aromatic heterocycles. The van der Waals surface area contributed by atoms with Gasteiger partial charge in [-0.05, 0) is 83.6 Å². The van der Waals surface area contributed by atoms with Crippen LogP contribution in [0.25, 0.3) is 11.1 Å². The van der Waals surface area contributed by atoms with Gasteiger partial charge in [-0.1, -0.05) is 67.8 Å². The van der Waals surface area contributed by atoms with Gasteiger partial charge in [-0.3, -0.25) is 4.90 Å². The predicted molar refractivity (Wildman–Crippen MR) is 165 cm³/mol. The zero-order valence-electron chi connectivity index (χ0n) is 24.2. The Labute approximate surface area is 250 Å². The van der Waals surface area contributed by atoms with Crippen LogP contribution in [-0.2, 0) is 19.3 Å². The minimum atomic E-state index is -4.45. The van der Waals surface area contributed by atoms with Crippen LogP contribution in [0.3, 0.4) is 0 Å². The van der Waals surface area contributed by atoms with E-state index in [0.717, 1.165) is 35.4 Å². The van der Waals surface area contributed by atoms with Gasteiger partial charge in [0.05, 0.1) is 19.2 Å². The summed E-state index contributed by atoms with van der Waals surface area (Å²) < 4.78 is 44.2. The summed E-state index contributed by atoms with van der Waals surface area (Å²) in [7, 11) is 1.56. The first-order valence-electron chi connectivity index (χ1n) is 14.6. The van der Waals surface area contributed by atoms with E-state index in [1.165, 1.54) is 49.8 Å². The molecule has 1 aliphatic rings. The molecule has 0 unspecified atom stereocenters. The first-order valence-corrected chi connectivity index (χ1v) is 14.6. The maximum atomic E-state index is 13.4. The van der Waals surface area contributed by atoms with Gasteiger partial charge in [0, 0.05) is 24.0 Å². The lowest BCUT2D eigenvalue weighted by Gasteiger charge is -2.24. The highest BCUT2D eigenvalue weighted by atomic mass is 19.4. The number of rotatable bonds is 9. The van der Waals surface area contributed by atoms with E-state index in [0.29, 0.717) is 17.5 Å². The van der Waals surface area contributed by atoms with E-state index in [4.69, 9.17) is 4.74 Å².